The summed E-state index contributed by atoms with van der Waals surface area (Å²) in [6, 6.07) is 5.55. The molecule has 1 unspecified atom stereocenters. The van der Waals surface area contributed by atoms with Gasteiger partial charge < -0.3 is 9.47 Å². The van der Waals surface area contributed by atoms with Gasteiger partial charge in [0.25, 0.3) is 0 Å². The van der Waals surface area contributed by atoms with Crippen LogP contribution in [0.5, 0.6) is 0 Å². The van der Waals surface area contributed by atoms with E-state index in [2.05, 4.69) is 20.8 Å². The average molecular weight is 216 g/mol. The van der Waals surface area contributed by atoms with Crippen LogP contribution in [0.15, 0.2) is 0 Å². The summed E-state index contributed by atoms with van der Waals surface area (Å²) in [6.07, 6.45) is 0.427. The third-order valence-electron chi connectivity index (χ3n) is 3.73. The van der Waals surface area contributed by atoms with Crippen LogP contribution in [-0.4, -0.2) is 34.0 Å². The van der Waals surface area contributed by atoms with Gasteiger partial charge in [-0.1, -0.05) is 38.9 Å². The van der Waals surface area contributed by atoms with Gasteiger partial charge in [0.05, 0.1) is 21.3 Å². The molecule has 0 aromatic rings. The van der Waals surface area contributed by atoms with Crippen molar-refractivity contribution in [2.24, 2.45) is 0 Å². The summed E-state index contributed by atoms with van der Waals surface area (Å²) >= 11 is 0. The van der Waals surface area contributed by atoms with E-state index in [0.717, 1.165) is 19.8 Å². The van der Waals surface area contributed by atoms with Gasteiger partial charge in [-0.05, 0) is 6.04 Å². The van der Waals surface area contributed by atoms with E-state index in [4.69, 9.17) is 9.47 Å². The van der Waals surface area contributed by atoms with Gasteiger partial charge >= 0.3 is 0 Å². The highest BCUT2D eigenvalue weighted by Gasteiger charge is 2.27. The molecule has 0 aromatic carbocycles. The molecular weight excluding hydrogens is 192 g/mol. The van der Waals surface area contributed by atoms with E-state index in [-0.39, 0.29) is 0 Å². The molecular formula is C11H24O2Si. The molecule has 14 heavy (non-hydrogen) atoms. The predicted molar refractivity (Wildman–Crippen MR) is 62.6 cm³/mol. The number of epoxide rings is 1. The Morgan fingerprint density at radius 1 is 1.21 bits per heavy atom. The van der Waals surface area contributed by atoms with Gasteiger partial charge in [-0.25, -0.2) is 0 Å². The Balaban J connectivity index is 2.11. The van der Waals surface area contributed by atoms with Crippen molar-refractivity contribution in [1.29, 1.82) is 0 Å². The summed E-state index contributed by atoms with van der Waals surface area (Å²) in [5, 5.41) is 0. The zero-order chi connectivity index (χ0) is 10.4. The zero-order valence-electron chi connectivity index (χ0n) is 9.84. The molecule has 1 heterocycles. The minimum Gasteiger partial charge on any atom is -0.379 e. The smallest absolute Gasteiger partial charge is 0.104 e. The lowest BCUT2D eigenvalue weighted by Gasteiger charge is -2.27. The molecule has 0 aromatic heterocycles. The molecule has 3 heteroatoms. The van der Waals surface area contributed by atoms with E-state index >= 15 is 0 Å². The maximum absolute atomic E-state index is 5.63. The van der Waals surface area contributed by atoms with E-state index in [9.17, 15) is 0 Å². The maximum atomic E-state index is 5.63. The van der Waals surface area contributed by atoms with Crippen LogP contribution >= 0.6 is 0 Å². The lowest BCUT2D eigenvalue weighted by Crippen LogP contribution is -2.32. The normalized spacial score (nSPS) is 21.2. The lowest BCUT2D eigenvalue weighted by atomic mass is 10.5. The predicted octanol–water partition coefficient (Wildman–Crippen LogP) is 2.91. The molecule has 0 aliphatic carbocycles. The minimum absolute atomic E-state index is 0.427. The second-order valence-corrected chi connectivity index (χ2v) is 9.96. The topological polar surface area (TPSA) is 21.8 Å². The highest BCUT2D eigenvalue weighted by molar-refractivity contribution is 6.79. The summed E-state index contributed by atoms with van der Waals surface area (Å²) in [5.41, 5.74) is 0. The van der Waals surface area contributed by atoms with Gasteiger partial charge in [0, 0.05) is 6.61 Å². The highest BCUT2D eigenvalue weighted by atomic mass is 28.3. The molecule has 1 aliphatic heterocycles. The summed E-state index contributed by atoms with van der Waals surface area (Å²) in [5.74, 6) is 0. The molecule has 84 valence electrons. The number of hydrogen-bond acceptors (Lipinski definition) is 2. The van der Waals surface area contributed by atoms with Gasteiger partial charge in [0.1, 0.15) is 6.10 Å². The van der Waals surface area contributed by atoms with Crippen molar-refractivity contribution in [2.75, 3.05) is 19.8 Å². The van der Waals surface area contributed by atoms with E-state index < -0.39 is 8.07 Å². The summed E-state index contributed by atoms with van der Waals surface area (Å²) in [7, 11) is -0.935. The van der Waals surface area contributed by atoms with E-state index in [1.165, 1.54) is 24.2 Å². The van der Waals surface area contributed by atoms with Crippen LogP contribution in [0.3, 0.4) is 0 Å². The van der Waals surface area contributed by atoms with Crippen LogP contribution in [-0.2, 0) is 9.47 Å². The fraction of sp³-hybridized carbons (Fsp3) is 1.00. The highest BCUT2D eigenvalue weighted by Crippen LogP contribution is 2.25. The molecule has 1 saturated heterocycles. The minimum atomic E-state index is -0.935. The van der Waals surface area contributed by atoms with Crippen LogP contribution in [0, 0.1) is 0 Å². The number of ether oxygens (including phenoxy) is 2. The first kappa shape index (κ1) is 12.2. The van der Waals surface area contributed by atoms with E-state index in [0.29, 0.717) is 6.10 Å². The van der Waals surface area contributed by atoms with Crippen LogP contribution in [0.4, 0.5) is 0 Å². The monoisotopic (exact) mass is 216 g/mol. The second kappa shape index (κ2) is 5.88. The van der Waals surface area contributed by atoms with Crippen molar-refractivity contribution in [3.63, 3.8) is 0 Å². The number of hydrogen-bond donors (Lipinski definition) is 0. The van der Waals surface area contributed by atoms with Gasteiger partial charge in [0.2, 0.25) is 0 Å². The molecule has 1 aliphatic rings. The fourth-order valence-electron chi connectivity index (χ4n) is 1.95. The largest absolute Gasteiger partial charge is 0.379 e. The van der Waals surface area contributed by atoms with Crippen LogP contribution in [0.25, 0.3) is 0 Å². The Morgan fingerprint density at radius 3 is 2.21 bits per heavy atom. The molecule has 0 N–H and O–H groups in total. The summed E-state index contributed by atoms with van der Waals surface area (Å²) < 4.78 is 10.7. The Morgan fingerprint density at radius 2 is 1.79 bits per heavy atom. The molecule has 0 saturated carbocycles. The standard InChI is InChI=1S/C11H24O2Si/c1-4-14(5-2,6-3)8-7-12-9-11-10-13-11/h11H,4-10H2,1-3H3. The Labute approximate surface area is 89.0 Å². The third-order valence-corrected chi connectivity index (χ3v) is 9.50. The quantitative estimate of drug-likeness (QED) is 0.353. The first-order chi connectivity index (χ1) is 6.76. The van der Waals surface area contributed by atoms with Crippen LogP contribution in [0.2, 0.25) is 24.2 Å². The van der Waals surface area contributed by atoms with Gasteiger partial charge in [-0.3, -0.25) is 0 Å². The average Bonchev–Trinajstić information content (AvgIpc) is 3.03. The molecule has 1 fully saturated rings. The van der Waals surface area contributed by atoms with E-state index in [1.54, 1.807) is 0 Å². The second-order valence-electron chi connectivity index (χ2n) is 4.34. The zero-order valence-corrected chi connectivity index (χ0v) is 10.8. The van der Waals surface area contributed by atoms with Crippen molar-refractivity contribution in [3.8, 4) is 0 Å². The lowest BCUT2D eigenvalue weighted by molar-refractivity contribution is 0.127. The molecule has 1 rings (SSSR count). The molecule has 0 spiro atoms. The first-order valence-electron chi connectivity index (χ1n) is 5.95. The van der Waals surface area contributed by atoms with Crippen molar-refractivity contribution in [3.05, 3.63) is 0 Å². The molecule has 0 amide bonds. The Hall–Kier alpha value is 0.137. The van der Waals surface area contributed by atoms with Crippen molar-refractivity contribution >= 4 is 8.07 Å². The van der Waals surface area contributed by atoms with Crippen molar-refractivity contribution < 1.29 is 9.47 Å². The summed E-state index contributed by atoms with van der Waals surface area (Å²) in [4.78, 5) is 0. The van der Waals surface area contributed by atoms with Gasteiger partial charge in [-0.2, -0.15) is 0 Å². The molecule has 0 radical (unpaired) electrons. The van der Waals surface area contributed by atoms with Crippen LogP contribution < -0.4 is 0 Å². The van der Waals surface area contributed by atoms with Crippen molar-refractivity contribution in [1.82, 2.24) is 0 Å². The first-order valence-corrected chi connectivity index (χ1v) is 8.78. The summed E-state index contributed by atoms with van der Waals surface area (Å²) in [6.45, 7) is 9.75. The van der Waals surface area contributed by atoms with Gasteiger partial charge in [-0.15, -0.1) is 0 Å². The molecule has 0 bridgehead atoms. The third kappa shape index (κ3) is 3.71. The van der Waals surface area contributed by atoms with Gasteiger partial charge in [0.15, 0.2) is 0 Å². The van der Waals surface area contributed by atoms with E-state index in [1.807, 2.05) is 0 Å². The Kier molecular flexibility index (Phi) is 5.13. The maximum Gasteiger partial charge on any atom is 0.104 e. The SMILES string of the molecule is CC[Si](CC)(CC)CCOCC1CO1. The fourth-order valence-corrected chi connectivity index (χ4v) is 5.09. The molecule has 2 nitrogen and oxygen atoms in total. The molecule has 1 atom stereocenters. The van der Waals surface area contributed by atoms with Crippen molar-refractivity contribution in [2.45, 2.75) is 51.1 Å². The van der Waals surface area contributed by atoms with Crippen LogP contribution in [0.1, 0.15) is 20.8 Å². The number of rotatable bonds is 8. The Bertz CT molecular complexity index is 145.